The number of benzene rings is 2. The van der Waals surface area contributed by atoms with Crippen molar-refractivity contribution in [2.24, 2.45) is 5.92 Å². The molecular weight excluding hydrogens is 380 g/mol. The molecule has 3 rings (SSSR count). The van der Waals surface area contributed by atoms with Gasteiger partial charge in [-0.2, -0.15) is 0 Å². The molecule has 1 atom stereocenters. The molecule has 1 aliphatic rings. The maximum Gasteiger partial charge on any atom is 0.311 e. The van der Waals surface area contributed by atoms with Crippen LogP contribution in [-0.4, -0.2) is 30.9 Å². The van der Waals surface area contributed by atoms with E-state index in [1.54, 1.807) is 4.90 Å². The van der Waals surface area contributed by atoms with E-state index in [0.717, 1.165) is 40.9 Å². The van der Waals surface area contributed by atoms with E-state index in [0.29, 0.717) is 0 Å². The van der Waals surface area contributed by atoms with Crippen molar-refractivity contribution in [1.29, 1.82) is 0 Å². The predicted molar refractivity (Wildman–Crippen MR) is 116 cm³/mol. The standard InChI is InChI=1S/C24H28N2O4/c1-4-17-10-6-7-12-20(17)26-14-19(13-22(26)28)24(29)30-15-21(27)25-23-16(3)9-8-11-18(23)5-2/h6-12,19H,4-5,13-15H2,1-3H3,(H,25,27). The molecule has 2 aromatic rings. The molecule has 30 heavy (non-hydrogen) atoms. The van der Waals surface area contributed by atoms with Gasteiger partial charge in [-0.05, 0) is 42.5 Å². The minimum absolute atomic E-state index is 0.0935. The van der Waals surface area contributed by atoms with Crippen LogP contribution in [0.15, 0.2) is 42.5 Å². The Kier molecular flexibility index (Phi) is 6.87. The van der Waals surface area contributed by atoms with Crippen LogP contribution in [0.3, 0.4) is 0 Å². The van der Waals surface area contributed by atoms with Gasteiger partial charge in [0.15, 0.2) is 6.61 Å². The zero-order chi connectivity index (χ0) is 21.7. The fourth-order valence-electron chi connectivity index (χ4n) is 3.80. The van der Waals surface area contributed by atoms with Gasteiger partial charge in [0, 0.05) is 24.3 Å². The van der Waals surface area contributed by atoms with Gasteiger partial charge in [0.1, 0.15) is 0 Å². The highest BCUT2D eigenvalue weighted by Gasteiger charge is 2.37. The Morgan fingerprint density at radius 3 is 2.50 bits per heavy atom. The molecule has 1 N–H and O–H groups in total. The molecule has 1 unspecified atom stereocenters. The molecule has 158 valence electrons. The number of nitrogens with one attached hydrogen (secondary N) is 1. The molecule has 0 spiro atoms. The van der Waals surface area contributed by atoms with Crippen LogP contribution in [0.2, 0.25) is 0 Å². The van der Waals surface area contributed by atoms with Crippen LogP contribution in [0, 0.1) is 12.8 Å². The molecule has 0 aromatic heterocycles. The molecular formula is C24H28N2O4. The van der Waals surface area contributed by atoms with Crippen LogP contribution in [0.5, 0.6) is 0 Å². The zero-order valence-corrected chi connectivity index (χ0v) is 17.7. The van der Waals surface area contributed by atoms with Crippen molar-refractivity contribution in [3.05, 3.63) is 59.2 Å². The van der Waals surface area contributed by atoms with E-state index in [4.69, 9.17) is 4.74 Å². The van der Waals surface area contributed by atoms with Crippen molar-refractivity contribution < 1.29 is 19.1 Å². The SMILES string of the molecule is CCc1ccccc1N1CC(C(=O)OCC(=O)Nc2c(C)cccc2CC)CC1=O. The quantitative estimate of drug-likeness (QED) is 0.710. The fraction of sp³-hybridized carbons (Fsp3) is 0.375. The van der Waals surface area contributed by atoms with Crippen LogP contribution >= 0.6 is 0 Å². The maximum absolute atomic E-state index is 12.5. The highest BCUT2D eigenvalue weighted by molar-refractivity contribution is 6.00. The average molecular weight is 408 g/mol. The van der Waals surface area contributed by atoms with Crippen LogP contribution < -0.4 is 10.2 Å². The third kappa shape index (κ3) is 4.70. The molecule has 2 amide bonds. The van der Waals surface area contributed by atoms with Crippen LogP contribution in [0.25, 0.3) is 0 Å². The van der Waals surface area contributed by atoms with Crippen molar-refractivity contribution in [1.82, 2.24) is 0 Å². The molecule has 6 heteroatoms. The van der Waals surface area contributed by atoms with Gasteiger partial charge in [-0.15, -0.1) is 0 Å². The summed E-state index contributed by atoms with van der Waals surface area (Å²) in [6.07, 6.45) is 1.68. The van der Waals surface area contributed by atoms with E-state index in [1.165, 1.54) is 0 Å². The van der Waals surface area contributed by atoms with Gasteiger partial charge in [0.25, 0.3) is 5.91 Å². The van der Waals surface area contributed by atoms with E-state index >= 15 is 0 Å². The summed E-state index contributed by atoms with van der Waals surface area (Å²) in [6.45, 7) is 5.88. The second kappa shape index (κ2) is 9.57. The first-order chi connectivity index (χ1) is 14.4. The summed E-state index contributed by atoms with van der Waals surface area (Å²) in [4.78, 5) is 38.9. The van der Waals surface area contributed by atoms with Gasteiger partial charge in [-0.3, -0.25) is 14.4 Å². The molecule has 1 aliphatic heterocycles. The lowest BCUT2D eigenvalue weighted by Gasteiger charge is -2.19. The van der Waals surface area contributed by atoms with Gasteiger partial charge in [-0.25, -0.2) is 0 Å². The first kappa shape index (κ1) is 21.6. The first-order valence-corrected chi connectivity index (χ1v) is 10.4. The molecule has 0 aliphatic carbocycles. The first-order valence-electron chi connectivity index (χ1n) is 10.4. The molecule has 0 bridgehead atoms. The third-order valence-electron chi connectivity index (χ3n) is 5.47. The topological polar surface area (TPSA) is 75.7 Å². The van der Waals surface area contributed by atoms with Crippen LogP contribution in [0.4, 0.5) is 11.4 Å². The lowest BCUT2D eigenvalue weighted by Crippen LogP contribution is -2.29. The number of nitrogens with zero attached hydrogens (tertiary/aromatic N) is 1. The highest BCUT2D eigenvalue weighted by atomic mass is 16.5. The summed E-state index contributed by atoms with van der Waals surface area (Å²) in [6, 6.07) is 13.5. The zero-order valence-electron chi connectivity index (χ0n) is 17.7. The lowest BCUT2D eigenvalue weighted by molar-refractivity contribution is -0.151. The van der Waals surface area contributed by atoms with Crippen molar-refractivity contribution in [2.75, 3.05) is 23.4 Å². The minimum atomic E-state index is -0.570. The van der Waals surface area contributed by atoms with E-state index in [1.807, 2.05) is 63.2 Å². The Hall–Kier alpha value is -3.15. The second-order valence-electron chi connectivity index (χ2n) is 7.51. The van der Waals surface area contributed by atoms with Gasteiger partial charge < -0.3 is 15.0 Å². The Balaban J connectivity index is 1.58. The summed E-state index contributed by atoms with van der Waals surface area (Å²) in [7, 11) is 0. The number of carbonyl (C=O) groups excluding carboxylic acids is 3. The molecule has 1 saturated heterocycles. The van der Waals surface area contributed by atoms with E-state index in [-0.39, 0.29) is 31.4 Å². The highest BCUT2D eigenvalue weighted by Crippen LogP contribution is 2.29. The average Bonchev–Trinajstić information content (AvgIpc) is 3.14. The largest absolute Gasteiger partial charge is 0.455 e. The Labute approximate surface area is 177 Å². The smallest absolute Gasteiger partial charge is 0.311 e. The van der Waals surface area contributed by atoms with E-state index in [2.05, 4.69) is 5.32 Å². The Bertz CT molecular complexity index is 954. The molecule has 1 heterocycles. The Morgan fingerprint density at radius 1 is 1.07 bits per heavy atom. The summed E-state index contributed by atoms with van der Waals surface area (Å²) >= 11 is 0. The van der Waals surface area contributed by atoms with Crippen LogP contribution in [0.1, 0.15) is 37.0 Å². The van der Waals surface area contributed by atoms with E-state index in [9.17, 15) is 14.4 Å². The monoisotopic (exact) mass is 408 g/mol. The summed E-state index contributed by atoms with van der Waals surface area (Å²) in [5.41, 5.74) is 4.65. The van der Waals surface area contributed by atoms with E-state index < -0.39 is 11.9 Å². The third-order valence-corrected chi connectivity index (χ3v) is 5.47. The number of carbonyl (C=O) groups is 3. The molecule has 2 aromatic carbocycles. The number of amides is 2. The number of anilines is 2. The van der Waals surface area contributed by atoms with Crippen molar-refractivity contribution in [3.8, 4) is 0 Å². The predicted octanol–water partition coefficient (Wildman–Crippen LogP) is 3.65. The van der Waals surface area contributed by atoms with Crippen molar-refractivity contribution >= 4 is 29.2 Å². The van der Waals surface area contributed by atoms with Gasteiger partial charge in [-0.1, -0.05) is 50.2 Å². The number of hydrogen-bond donors (Lipinski definition) is 1. The summed E-state index contributed by atoms with van der Waals surface area (Å²) < 4.78 is 5.23. The number of para-hydroxylation sites is 2. The number of aryl methyl sites for hydroxylation is 3. The fourth-order valence-corrected chi connectivity index (χ4v) is 3.80. The number of ether oxygens (including phenoxy) is 1. The van der Waals surface area contributed by atoms with Gasteiger partial charge in [0.2, 0.25) is 5.91 Å². The number of hydrogen-bond acceptors (Lipinski definition) is 4. The molecule has 0 radical (unpaired) electrons. The molecule has 6 nitrogen and oxygen atoms in total. The van der Waals surface area contributed by atoms with Crippen molar-refractivity contribution in [3.63, 3.8) is 0 Å². The van der Waals surface area contributed by atoms with Crippen LogP contribution in [-0.2, 0) is 32.0 Å². The Morgan fingerprint density at radius 2 is 1.77 bits per heavy atom. The number of esters is 1. The van der Waals surface area contributed by atoms with Gasteiger partial charge >= 0.3 is 5.97 Å². The molecule has 0 saturated carbocycles. The lowest BCUT2D eigenvalue weighted by atomic mass is 10.1. The van der Waals surface area contributed by atoms with Gasteiger partial charge in [0.05, 0.1) is 5.92 Å². The summed E-state index contributed by atoms with van der Waals surface area (Å²) in [5.74, 6) is -1.57. The second-order valence-corrected chi connectivity index (χ2v) is 7.51. The van der Waals surface area contributed by atoms with Crippen molar-refractivity contribution in [2.45, 2.75) is 40.0 Å². The molecule has 1 fully saturated rings. The minimum Gasteiger partial charge on any atom is -0.455 e. The number of rotatable bonds is 7. The maximum atomic E-state index is 12.5. The normalized spacial score (nSPS) is 15.9. The summed E-state index contributed by atoms with van der Waals surface area (Å²) in [5, 5.41) is 2.84.